The van der Waals surface area contributed by atoms with Gasteiger partial charge in [0.15, 0.2) is 0 Å². The smallest absolute Gasteiger partial charge is 0.408 e. The quantitative estimate of drug-likeness (QED) is 0.207. The molecule has 0 spiro atoms. The van der Waals surface area contributed by atoms with Crippen LogP contribution in [0.1, 0.15) is 87.8 Å². The number of benzene rings is 2. The predicted octanol–water partition coefficient (Wildman–Crippen LogP) is 5.97. The van der Waals surface area contributed by atoms with Crippen molar-refractivity contribution in [3.05, 3.63) is 59.2 Å². The second-order valence-corrected chi connectivity index (χ2v) is 9.77. The summed E-state index contributed by atoms with van der Waals surface area (Å²) in [5.74, 6) is -1.67. The zero-order chi connectivity index (χ0) is 26.5. The molecule has 1 unspecified atom stereocenters. The van der Waals surface area contributed by atoms with E-state index in [1.807, 2.05) is 24.3 Å². The molecule has 37 heavy (non-hydrogen) atoms. The van der Waals surface area contributed by atoms with Gasteiger partial charge in [0.1, 0.15) is 12.6 Å². The van der Waals surface area contributed by atoms with Gasteiger partial charge in [0.2, 0.25) is 5.91 Å². The van der Waals surface area contributed by atoms with E-state index >= 15 is 0 Å². The molecule has 0 bridgehead atoms. The van der Waals surface area contributed by atoms with Crippen molar-refractivity contribution in [2.24, 2.45) is 0 Å². The number of carbonyl (C=O) groups is 3. The van der Waals surface area contributed by atoms with E-state index in [9.17, 15) is 19.5 Å². The standard InChI is InChI=1S/C30H40N2O5/c1-2-3-4-5-6-7-8-9-12-18-31-29(35)27(20-28(33)34)32-30(36)37-21-23-15-13-17-25-24-16-11-10-14-22(24)19-26(23)25/h10-11,13-17,27H,2-9,12,18-21H2,1H3,(H,31,35)(H,32,36)(H,33,34). The van der Waals surface area contributed by atoms with Gasteiger partial charge in [0, 0.05) is 6.54 Å². The lowest BCUT2D eigenvalue weighted by molar-refractivity contribution is -0.139. The fourth-order valence-electron chi connectivity index (χ4n) is 4.84. The summed E-state index contributed by atoms with van der Waals surface area (Å²) in [6, 6.07) is 12.9. The molecule has 3 N–H and O–H groups in total. The predicted molar refractivity (Wildman–Crippen MR) is 144 cm³/mol. The second kappa shape index (κ2) is 15.0. The molecule has 2 amide bonds. The Kier molecular flexibility index (Phi) is 11.5. The fourth-order valence-corrected chi connectivity index (χ4v) is 4.84. The topological polar surface area (TPSA) is 105 Å². The van der Waals surface area contributed by atoms with Crippen molar-refractivity contribution in [3.8, 4) is 11.1 Å². The molecule has 200 valence electrons. The molecule has 1 atom stereocenters. The van der Waals surface area contributed by atoms with Gasteiger partial charge in [-0.05, 0) is 40.7 Å². The molecule has 0 aliphatic heterocycles. The highest BCUT2D eigenvalue weighted by atomic mass is 16.5. The number of rotatable bonds is 16. The first-order chi connectivity index (χ1) is 18.0. The maximum atomic E-state index is 12.6. The Morgan fingerprint density at radius 1 is 0.892 bits per heavy atom. The monoisotopic (exact) mass is 508 g/mol. The van der Waals surface area contributed by atoms with Gasteiger partial charge >= 0.3 is 12.1 Å². The highest BCUT2D eigenvalue weighted by molar-refractivity contribution is 5.89. The average Bonchev–Trinajstić information content (AvgIpc) is 3.27. The Morgan fingerprint density at radius 2 is 1.57 bits per heavy atom. The van der Waals surface area contributed by atoms with Gasteiger partial charge in [-0.1, -0.05) is 101 Å². The highest BCUT2D eigenvalue weighted by Gasteiger charge is 2.25. The third-order valence-electron chi connectivity index (χ3n) is 6.87. The molecule has 1 aliphatic rings. The minimum absolute atomic E-state index is 0.0445. The molecule has 7 nitrogen and oxygen atoms in total. The molecule has 1 aliphatic carbocycles. The molecule has 2 aromatic carbocycles. The molecule has 2 aromatic rings. The van der Waals surface area contributed by atoms with Gasteiger partial charge in [0.25, 0.3) is 0 Å². The van der Waals surface area contributed by atoms with Gasteiger partial charge in [-0.3, -0.25) is 9.59 Å². The molecule has 0 heterocycles. The van der Waals surface area contributed by atoms with Crippen molar-refractivity contribution in [1.29, 1.82) is 0 Å². The van der Waals surface area contributed by atoms with Crippen molar-refractivity contribution in [2.45, 2.75) is 90.2 Å². The molecule has 0 aromatic heterocycles. The minimum atomic E-state index is -1.19. The second-order valence-electron chi connectivity index (χ2n) is 9.77. The fraction of sp³-hybridized carbons (Fsp3) is 0.500. The van der Waals surface area contributed by atoms with E-state index in [0.29, 0.717) is 6.54 Å². The van der Waals surface area contributed by atoms with Crippen LogP contribution in [0, 0.1) is 0 Å². The van der Waals surface area contributed by atoms with Crippen LogP contribution < -0.4 is 10.6 Å². The molecule has 0 fully saturated rings. The van der Waals surface area contributed by atoms with E-state index in [1.54, 1.807) is 0 Å². The zero-order valence-corrected chi connectivity index (χ0v) is 21.9. The number of amides is 2. The van der Waals surface area contributed by atoms with Crippen LogP contribution in [0.4, 0.5) is 4.79 Å². The highest BCUT2D eigenvalue weighted by Crippen LogP contribution is 2.38. The summed E-state index contributed by atoms with van der Waals surface area (Å²) in [6.07, 6.45) is 10.00. The summed E-state index contributed by atoms with van der Waals surface area (Å²) in [6.45, 7) is 2.71. The summed E-state index contributed by atoms with van der Waals surface area (Å²) in [7, 11) is 0. The van der Waals surface area contributed by atoms with Gasteiger partial charge in [0.05, 0.1) is 6.42 Å². The lowest BCUT2D eigenvalue weighted by Crippen LogP contribution is -2.48. The number of carbonyl (C=O) groups excluding carboxylic acids is 2. The molecule has 0 saturated heterocycles. The number of ether oxygens (including phenoxy) is 1. The van der Waals surface area contributed by atoms with Crippen LogP contribution in [0.5, 0.6) is 0 Å². The van der Waals surface area contributed by atoms with Crippen LogP contribution in [0.2, 0.25) is 0 Å². The van der Waals surface area contributed by atoms with Crippen molar-refractivity contribution in [2.75, 3.05) is 6.54 Å². The molecule has 0 saturated carbocycles. The van der Waals surface area contributed by atoms with Gasteiger partial charge in [-0.25, -0.2) is 4.79 Å². The number of hydrogen-bond donors (Lipinski definition) is 3. The maximum absolute atomic E-state index is 12.6. The minimum Gasteiger partial charge on any atom is -0.481 e. The number of unbranched alkanes of at least 4 members (excludes halogenated alkanes) is 8. The molecular formula is C30H40N2O5. The number of alkyl carbamates (subject to hydrolysis) is 1. The first-order valence-electron chi connectivity index (χ1n) is 13.6. The number of carboxylic acids is 1. The van der Waals surface area contributed by atoms with Crippen LogP contribution in [0.3, 0.4) is 0 Å². The van der Waals surface area contributed by atoms with E-state index in [4.69, 9.17) is 4.74 Å². The van der Waals surface area contributed by atoms with Crippen molar-refractivity contribution in [1.82, 2.24) is 10.6 Å². The first-order valence-corrected chi connectivity index (χ1v) is 13.6. The van der Waals surface area contributed by atoms with Gasteiger partial charge in [-0.15, -0.1) is 0 Å². The summed E-state index contributed by atoms with van der Waals surface area (Å²) >= 11 is 0. The third kappa shape index (κ3) is 8.92. The third-order valence-corrected chi connectivity index (χ3v) is 6.87. The number of hydrogen-bond acceptors (Lipinski definition) is 4. The van der Waals surface area contributed by atoms with Crippen molar-refractivity contribution >= 4 is 18.0 Å². The number of carboxylic acid groups (broad SMARTS) is 1. The Hall–Kier alpha value is -3.35. The lowest BCUT2D eigenvalue weighted by Gasteiger charge is -2.17. The normalized spacial score (nSPS) is 12.4. The molecule has 7 heteroatoms. The van der Waals surface area contributed by atoms with Crippen LogP contribution in [0.25, 0.3) is 11.1 Å². The summed E-state index contributed by atoms with van der Waals surface area (Å²) in [5, 5.41) is 14.4. The summed E-state index contributed by atoms with van der Waals surface area (Å²) in [4.78, 5) is 36.3. The van der Waals surface area contributed by atoms with Crippen LogP contribution in [-0.4, -0.2) is 35.7 Å². The first kappa shape index (κ1) is 28.2. The lowest BCUT2D eigenvalue weighted by atomic mass is 10.0. The maximum Gasteiger partial charge on any atom is 0.408 e. The Morgan fingerprint density at radius 3 is 2.30 bits per heavy atom. The Bertz CT molecular complexity index is 1050. The van der Waals surface area contributed by atoms with E-state index in [2.05, 4.69) is 35.8 Å². The molecule has 0 radical (unpaired) electrons. The van der Waals surface area contributed by atoms with Crippen LogP contribution in [-0.2, 0) is 27.4 Å². The van der Waals surface area contributed by atoms with E-state index in [0.717, 1.165) is 42.4 Å². The number of nitrogens with one attached hydrogen (secondary N) is 2. The van der Waals surface area contributed by atoms with Crippen molar-refractivity contribution < 1.29 is 24.2 Å². The SMILES string of the molecule is CCCCCCCCCCCNC(=O)C(CC(=O)O)NC(=O)OCc1cccc2c1Cc1ccccc1-2. The summed E-state index contributed by atoms with van der Waals surface area (Å²) in [5.41, 5.74) is 5.58. The van der Waals surface area contributed by atoms with E-state index in [-0.39, 0.29) is 6.61 Å². The van der Waals surface area contributed by atoms with Gasteiger partial charge < -0.3 is 20.5 Å². The van der Waals surface area contributed by atoms with Crippen LogP contribution in [0.15, 0.2) is 42.5 Å². The Balaban J connectivity index is 1.41. The number of fused-ring (bicyclic) bond motifs is 3. The largest absolute Gasteiger partial charge is 0.481 e. The van der Waals surface area contributed by atoms with Crippen LogP contribution >= 0.6 is 0 Å². The van der Waals surface area contributed by atoms with Gasteiger partial charge in [-0.2, -0.15) is 0 Å². The van der Waals surface area contributed by atoms with E-state index in [1.165, 1.54) is 49.7 Å². The number of aliphatic carboxylic acids is 1. The Labute approximate surface area is 220 Å². The molecule has 3 rings (SSSR count). The molecular weight excluding hydrogens is 468 g/mol. The van der Waals surface area contributed by atoms with E-state index < -0.39 is 30.4 Å². The van der Waals surface area contributed by atoms with Crippen molar-refractivity contribution in [3.63, 3.8) is 0 Å². The zero-order valence-electron chi connectivity index (χ0n) is 21.9. The summed E-state index contributed by atoms with van der Waals surface area (Å²) < 4.78 is 5.40. The average molecular weight is 509 g/mol.